The third kappa shape index (κ3) is 2.33. The van der Waals surface area contributed by atoms with E-state index in [9.17, 15) is 0 Å². The summed E-state index contributed by atoms with van der Waals surface area (Å²) in [7, 11) is 0. The van der Waals surface area contributed by atoms with Crippen molar-refractivity contribution in [1.82, 2.24) is 14.9 Å². The van der Waals surface area contributed by atoms with Crippen LogP contribution in [0.1, 0.15) is 17.6 Å². The maximum absolute atomic E-state index is 4.41. The Morgan fingerprint density at radius 1 is 1.56 bits per heavy atom. The molecule has 0 amide bonds. The van der Waals surface area contributed by atoms with Gasteiger partial charge in [-0.15, -0.1) is 21.5 Å². The molecule has 0 unspecified atom stereocenters. The lowest BCUT2D eigenvalue weighted by atomic mass is 10.5. The van der Waals surface area contributed by atoms with Gasteiger partial charge in [0, 0.05) is 11.3 Å². The van der Waals surface area contributed by atoms with Crippen molar-refractivity contribution in [1.29, 1.82) is 0 Å². The number of nitrogens with zero attached hydrogens (tertiary/aromatic N) is 4. The molecular weight excluding hydrogens is 240 g/mol. The van der Waals surface area contributed by atoms with E-state index in [1.54, 1.807) is 27.8 Å². The zero-order valence-electron chi connectivity index (χ0n) is 9.12. The molecule has 2 aromatic heterocycles. The van der Waals surface area contributed by atoms with Gasteiger partial charge >= 0.3 is 0 Å². The Morgan fingerprint density at radius 2 is 2.44 bits per heavy atom. The Labute approximate surface area is 102 Å². The Bertz CT molecular complexity index is 451. The summed E-state index contributed by atoms with van der Waals surface area (Å²) in [6.45, 7) is 2.05. The summed E-state index contributed by atoms with van der Waals surface area (Å²) in [5, 5.41) is 15.4. The average molecular weight is 252 g/mol. The van der Waals surface area contributed by atoms with Crippen molar-refractivity contribution in [2.24, 2.45) is 5.10 Å². The molecule has 4 nitrogen and oxygen atoms in total. The highest BCUT2D eigenvalue weighted by Crippen LogP contribution is 2.14. The molecule has 6 heteroatoms. The molecule has 2 heterocycles. The predicted molar refractivity (Wildman–Crippen MR) is 68.5 cm³/mol. The predicted octanol–water partition coefficient (Wildman–Crippen LogP) is 2.51. The van der Waals surface area contributed by atoms with E-state index in [2.05, 4.69) is 15.3 Å². The lowest BCUT2D eigenvalue weighted by Crippen LogP contribution is -1.98. The molecule has 2 aromatic rings. The van der Waals surface area contributed by atoms with Crippen LogP contribution in [0, 0.1) is 0 Å². The molecule has 0 saturated heterocycles. The molecule has 0 fully saturated rings. The number of aryl methyl sites for hydroxylation is 1. The van der Waals surface area contributed by atoms with E-state index in [0.29, 0.717) is 0 Å². The van der Waals surface area contributed by atoms with Gasteiger partial charge in [0.2, 0.25) is 5.16 Å². The van der Waals surface area contributed by atoms with Gasteiger partial charge in [0.15, 0.2) is 5.82 Å². The summed E-state index contributed by atoms with van der Waals surface area (Å²) in [5.41, 5.74) is 0. The van der Waals surface area contributed by atoms with Crippen LogP contribution in [0.25, 0.3) is 0 Å². The molecule has 0 aliphatic carbocycles. The highest BCUT2D eigenvalue weighted by molar-refractivity contribution is 7.98. The molecular formula is C10H12N4S2. The van der Waals surface area contributed by atoms with Gasteiger partial charge in [-0.25, -0.2) is 0 Å². The normalized spacial score (nSPS) is 11.4. The molecule has 2 rings (SSSR count). The quantitative estimate of drug-likeness (QED) is 0.620. The van der Waals surface area contributed by atoms with Gasteiger partial charge < -0.3 is 0 Å². The molecule has 0 saturated carbocycles. The summed E-state index contributed by atoms with van der Waals surface area (Å²) in [5.74, 6) is 0.886. The maximum Gasteiger partial charge on any atom is 0.211 e. The van der Waals surface area contributed by atoms with E-state index in [4.69, 9.17) is 0 Å². The van der Waals surface area contributed by atoms with Gasteiger partial charge in [0.25, 0.3) is 0 Å². The maximum atomic E-state index is 4.41. The number of thioether (sulfide) groups is 1. The van der Waals surface area contributed by atoms with Gasteiger partial charge in [-0.1, -0.05) is 24.8 Å². The summed E-state index contributed by atoms with van der Waals surface area (Å²) < 4.78 is 1.80. The highest BCUT2D eigenvalue weighted by atomic mass is 32.2. The van der Waals surface area contributed by atoms with Crippen molar-refractivity contribution in [3.8, 4) is 0 Å². The number of thiophene rings is 1. The summed E-state index contributed by atoms with van der Waals surface area (Å²) in [6, 6.07) is 4.04. The first-order chi connectivity index (χ1) is 7.85. The largest absolute Gasteiger partial charge is 0.211 e. The zero-order chi connectivity index (χ0) is 11.4. The minimum absolute atomic E-state index is 0.824. The molecule has 0 N–H and O–H groups in total. The molecule has 0 aliphatic rings. The fourth-order valence-corrected chi connectivity index (χ4v) is 2.27. The third-order valence-corrected chi connectivity index (χ3v) is 3.45. The van der Waals surface area contributed by atoms with Crippen LogP contribution in [-0.2, 0) is 6.42 Å². The molecule has 0 atom stereocenters. The zero-order valence-corrected chi connectivity index (χ0v) is 10.8. The van der Waals surface area contributed by atoms with E-state index in [1.807, 2.05) is 36.9 Å². The van der Waals surface area contributed by atoms with Crippen LogP contribution in [0.15, 0.2) is 27.8 Å². The Morgan fingerprint density at radius 3 is 3.06 bits per heavy atom. The number of hydrogen-bond donors (Lipinski definition) is 0. The second-order valence-electron chi connectivity index (χ2n) is 3.03. The first kappa shape index (κ1) is 11.3. The van der Waals surface area contributed by atoms with Crippen LogP contribution >= 0.6 is 23.1 Å². The minimum atomic E-state index is 0.824. The molecule has 0 aromatic carbocycles. The average Bonchev–Trinajstić information content (AvgIpc) is 2.94. The molecule has 0 radical (unpaired) electrons. The van der Waals surface area contributed by atoms with Crippen molar-refractivity contribution < 1.29 is 0 Å². The van der Waals surface area contributed by atoms with Crippen LogP contribution in [0.4, 0.5) is 0 Å². The lowest BCUT2D eigenvalue weighted by molar-refractivity contribution is 0.723. The SMILES string of the molecule is CCc1nnc(SC)n1/N=C\c1cccs1. The molecule has 16 heavy (non-hydrogen) atoms. The van der Waals surface area contributed by atoms with Crippen LogP contribution in [0.3, 0.4) is 0 Å². The van der Waals surface area contributed by atoms with E-state index < -0.39 is 0 Å². The van der Waals surface area contributed by atoms with Crippen LogP contribution in [0.2, 0.25) is 0 Å². The van der Waals surface area contributed by atoms with Crippen molar-refractivity contribution in [3.05, 3.63) is 28.2 Å². The summed E-state index contributed by atoms with van der Waals surface area (Å²) in [4.78, 5) is 1.13. The van der Waals surface area contributed by atoms with Crippen molar-refractivity contribution >= 4 is 29.3 Å². The number of rotatable bonds is 4. The number of aromatic nitrogens is 3. The highest BCUT2D eigenvalue weighted by Gasteiger charge is 2.07. The molecule has 0 bridgehead atoms. The lowest BCUT2D eigenvalue weighted by Gasteiger charge is -1.99. The van der Waals surface area contributed by atoms with Crippen LogP contribution in [-0.4, -0.2) is 27.3 Å². The number of hydrogen-bond acceptors (Lipinski definition) is 5. The van der Waals surface area contributed by atoms with Gasteiger partial charge in [-0.3, -0.25) is 0 Å². The first-order valence-electron chi connectivity index (χ1n) is 4.91. The van der Waals surface area contributed by atoms with Gasteiger partial charge in [-0.2, -0.15) is 9.78 Å². The Hall–Kier alpha value is -1.14. The minimum Gasteiger partial charge on any atom is -0.191 e. The van der Waals surface area contributed by atoms with E-state index in [-0.39, 0.29) is 0 Å². The second kappa shape index (κ2) is 5.27. The first-order valence-corrected chi connectivity index (χ1v) is 7.01. The van der Waals surface area contributed by atoms with Crippen LogP contribution < -0.4 is 0 Å². The van der Waals surface area contributed by atoms with Gasteiger partial charge in [0.1, 0.15) is 0 Å². The van der Waals surface area contributed by atoms with E-state index in [1.165, 1.54) is 0 Å². The molecule has 84 valence electrons. The summed E-state index contributed by atoms with van der Waals surface area (Å²) in [6.07, 6.45) is 4.64. The van der Waals surface area contributed by atoms with Crippen molar-refractivity contribution in [3.63, 3.8) is 0 Å². The smallest absolute Gasteiger partial charge is 0.191 e. The Kier molecular flexibility index (Phi) is 3.74. The van der Waals surface area contributed by atoms with E-state index in [0.717, 1.165) is 22.3 Å². The second-order valence-corrected chi connectivity index (χ2v) is 4.78. The van der Waals surface area contributed by atoms with Crippen LogP contribution in [0.5, 0.6) is 0 Å². The van der Waals surface area contributed by atoms with Gasteiger partial charge in [0.05, 0.1) is 6.21 Å². The monoisotopic (exact) mass is 252 g/mol. The standard InChI is InChI=1S/C10H12N4S2/c1-3-9-12-13-10(15-2)14(9)11-7-8-5-4-6-16-8/h4-7H,3H2,1-2H3/b11-7-. The third-order valence-electron chi connectivity index (χ3n) is 2.02. The fraction of sp³-hybridized carbons (Fsp3) is 0.300. The molecule has 0 spiro atoms. The van der Waals surface area contributed by atoms with Crippen molar-refractivity contribution in [2.75, 3.05) is 6.26 Å². The van der Waals surface area contributed by atoms with E-state index >= 15 is 0 Å². The molecule has 0 aliphatic heterocycles. The topological polar surface area (TPSA) is 43.1 Å². The van der Waals surface area contributed by atoms with Crippen molar-refractivity contribution in [2.45, 2.75) is 18.5 Å². The summed E-state index contributed by atoms with van der Waals surface area (Å²) >= 11 is 3.21. The van der Waals surface area contributed by atoms with Gasteiger partial charge in [-0.05, 0) is 17.7 Å². The Balaban J connectivity index is 2.29. The fourth-order valence-electron chi connectivity index (χ4n) is 1.24.